The summed E-state index contributed by atoms with van der Waals surface area (Å²) in [6.45, 7) is 0.278. The monoisotopic (exact) mass is 573 g/mol. The molecule has 9 nitrogen and oxygen atoms in total. The van der Waals surface area contributed by atoms with Crippen molar-refractivity contribution in [3.63, 3.8) is 0 Å². The molecule has 37 heavy (non-hydrogen) atoms. The van der Waals surface area contributed by atoms with Gasteiger partial charge in [0.2, 0.25) is 11.9 Å². The van der Waals surface area contributed by atoms with Crippen LogP contribution in [0.25, 0.3) is 11.1 Å². The quantitative estimate of drug-likeness (QED) is 0.211. The Morgan fingerprint density at radius 1 is 1.14 bits per heavy atom. The molecular weight excluding hydrogens is 555 g/mol. The zero-order valence-electron chi connectivity index (χ0n) is 19.2. The van der Waals surface area contributed by atoms with Crippen molar-refractivity contribution in [2.45, 2.75) is 6.61 Å². The molecule has 0 atom stereocenters. The second kappa shape index (κ2) is 11.1. The summed E-state index contributed by atoms with van der Waals surface area (Å²) in [5.41, 5.74) is 2.32. The van der Waals surface area contributed by atoms with Gasteiger partial charge in [-0.3, -0.25) is 9.48 Å². The summed E-state index contributed by atoms with van der Waals surface area (Å²) in [5, 5.41) is 12.9. The first-order valence-electron chi connectivity index (χ1n) is 10.6. The minimum absolute atomic E-state index is 0.215. The molecule has 4 aromatic rings. The normalized spacial score (nSPS) is 10.8. The number of hydrogen-bond donors (Lipinski definition) is 3. The van der Waals surface area contributed by atoms with Crippen LogP contribution in [-0.4, -0.2) is 32.3 Å². The molecule has 1 amide bonds. The van der Waals surface area contributed by atoms with Gasteiger partial charge in [0, 0.05) is 40.9 Å². The van der Waals surface area contributed by atoms with Crippen molar-refractivity contribution in [1.29, 1.82) is 0 Å². The van der Waals surface area contributed by atoms with Crippen LogP contribution in [0, 0.1) is 5.82 Å². The van der Waals surface area contributed by atoms with Crippen LogP contribution >= 0.6 is 15.9 Å². The number of carbonyl (C=O) groups is 1. The number of ether oxygens (including phenoxy) is 1. The second-order valence-electron chi connectivity index (χ2n) is 7.55. The number of benzene rings is 2. The van der Waals surface area contributed by atoms with Gasteiger partial charge in [0.1, 0.15) is 5.82 Å². The molecule has 0 saturated carbocycles. The van der Waals surface area contributed by atoms with E-state index in [2.05, 4.69) is 58.3 Å². The van der Waals surface area contributed by atoms with Gasteiger partial charge in [0.25, 0.3) is 0 Å². The Morgan fingerprint density at radius 3 is 2.59 bits per heavy atom. The lowest BCUT2D eigenvalue weighted by atomic mass is 10.1. The standard InChI is InChI=1S/C24H19BrF3N7O2/c1-3-21(36)31-15-7-14(25)8-16(9-15)32-22-18(13-4-5-20(19(26)6-13)37-23(27)28)11-29-24(34-22)33-17-10-30-35(2)12-17/h3-12,23H,1H2,2H3,(H,31,36)(H2,29,32,33,34). The number of nitrogens with zero attached hydrogens (tertiary/aromatic N) is 4. The van der Waals surface area contributed by atoms with E-state index in [0.717, 1.165) is 18.2 Å². The predicted octanol–water partition coefficient (Wildman–Crippen LogP) is 5.99. The number of aryl methyl sites for hydroxylation is 1. The van der Waals surface area contributed by atoms with Gasteiger partial charge >= 0.3 is 6.61 Å². The highest BCUT2D eigenvalue weighted by molar-refractivity contribution is 9.10. The van der Waals surface area contributed by atoms with E-state index in [9.17, 15) is 18.0 Å². The molecule has 190 valence electrons. The van der Waals surface area contributed by atoms with Gasteiger partial charge in [-0.15, -0.1) is 0 Å². The van der Waals surface area contributed by atoms with Crippen LogP contribution in [-0.2, 0) is 11.8 Å². The average Bonchev–Trinajstić information content (AvgIpc) is 3.24. The number of rotatable bonds is 9. The highest BCUT2D eigenvalue weighted by Crippen LogP contribution is 2.34. The Morgan fingerprint density at radius 2 is 1.92 bits per heavy atom. The van der Waals surface area contributed by atoms with E-state index < -0.39 is 24.1 Å². The summed E-state index contributed by atoms with van der Waals surface area (Å²) < 4.78 is 46.0. The summed E-state index contributed by atoms with van der Waals surface area (Å²) in [6, 6.07) is 8.66. The molecule has 3 N–H and O–H groups in total. The number of anilines is 5. The number of halogens is 4. The summed E-state index contributed by atoms with van der Waals surface area (Å²) in [4.78, 5) is 20.6. The van der Waals surface area contributed by atoms with Gasteiger partial charge in [-0.1, -0.05) is 28.6 Å². The summed E-state index contributed by atoms with van der Waals surface area (Å²) in [5.74, 6) is -1.47. The Labute approximate surface area is 217 Å². The minimum Gasteiger partial charge on any atom is -0.432 e. The molecule has 0 aliphatic rings. The highest BCUT2D eigenvalue weighted by atomic mass is 79.9. The zero-order chi connectivity index (χ0) is 26.5. The summed E-state index contributed by atoms with van der Waals surface area (Å²) in [7, 11) is 1.76. The van der Waals surface area contributed by atoms with Crippen molar-refractivity contribution in [2.24, 2.45) is 7.05 Å². The molecule has 0 fully saturated rings. The third-order valence-corrected chi connectivity index (χ3v) is 5.28. The lowest BCUT2D eigenvalue weighted by Crippen LogP contribution is -2.08. The fraction of sp³-hybridized carbons (Fsp3) is 0.0833. The van der Waals surface area contributed by atoms with E-state index >= 15 is 0 Å². The molecule has 0 aliphatic heterocycles. The van der Waals surface area contributed by atoms with Crippen molar-refractivity contribution < 1.29 is 22.7 Å². The van der Waals surface area contributed by atoms with Gasteiger partial charge in [-0.25, -0.2) is 9.37 Å². The molecule has 2 aromatic heterocycles. The molecule has 2 aromatic carbocycles. The molecule has 0 bridgehead atoms. The first-order valence-corrected chi connectivity index (χ1v) is 11.4. The third kappa shape index (κ3) is 6.64. The van der Waals surface area contributed by atoms with Crippen LogP contribution in [0.3, 0.4) is 0 Å². The first kappa shape index (κ1) is 25.7. The van der Waals surface area contributed by atoms with Gasteiger partial charge in [-0.05, 0) is 42.0 Å². The van der Waals surface area contributed by atoms with E-state index in [1.54, 1.807) is 42.3 Å². The van der Waals surface area contributed by atoms with Crippen LogP contribution in [0.15, 0.2) is 72.1 Å². The SMILES string of the molecule is C=CC(=O)Nc1cc(Br)cc(Nc2nc(Nc3cnn(C)c3)ncc2-c2ccc(OC(F)F)c(F)c2)c1. The molecule has 4 rings (SSSR count). The van der Waals surface area contributed by atoms with Gasteiger partial charge in [-0.2, -0.15) is 18.9 Å². The van der Waals surface area contributed by atoms with Gasteiger partial charge in [0.05, 0.1) is 11.9 Å². The average molecular weight is 574 g/mol. The third-order valence-electron chi connectivity index (χ3n) is 4.82. The Hall–Kier alpha value is -4.39. The number of amides is 1. The Bertz CT molecular complexity index is 1460. The molecule has 2 heterocycles. The molecular formula is C24H19BrF3N7O2. The molecule has 0 aliphatic carbocycles. The fourth-order valence-corrected chi connectivity index (χ4v) is 3.78. The van der Waals surface area contributed by atoms with Crippen molar-refractivity contribution >= 4 is 50.7 Å². The maximum atomic E-state index is 14.5. The lowest BCUT2D eigenvalue weighted by molar-refractivity contribution is -0.111. The first-order chi connectivity index (χ1) is 17.7. The van der Waals surface area contributed by atoms with E-state index in [1.807, 2.05) is 0 Å². The maximum absolute atomic E-state index is 14.5. The van der Waals surface area contributed by atoms with E-state index in [0.29, 0.717) is 32.7 Å². The van der Waals surface area contributed by atoms with Crippen LogP contribution < -0.4 is 20.7 Å². The topological polar surface area (TPSA) is 106 Å². The number of alkyl halides is 2. The highest BCUT2D eigenvalue weighted by Gasteiger charge is 2.16. The smallest absolute Gasteiger partial charge is 0.387 e. The number of nitrogens with one attached hydrogen (secondary N) is 3. The summed E-state index contributed by atoms with van der Waals surface area (Å²) >= 11 is 3.40. The van der Waals surface area contributed by atoms with Crippen molar-refractivity contribution in [3.8, 4) is 16.9 Å². The fourth-order valence-electron chi connectivity index (χ4n) is 3.29. The molecule has 0 spiro atoms. The second-order valence-corrected chi connectivity index (χ2v) is 8.47. The van der Waals surface area contributed by atoms with Gasteiger partial charge in [0.15, 0.2) is 11.6 Å². The lowest BCUT2D eigenvalue weighted by Gasteiger charge is -2.15. The van der Waals surface area contributed by atoms with Gasteiger partial charge < -0.3 is 20.7 Å². The molecule has 13 heteroatoms. The Kier molecular flexibility index (Phi) is 7.72. The zero-order valence-corrected chi connectivity index (χ0v) is 20.8. The molecule has 0 saturated heterocycles. The number of aromatic nitrogens is 4. The van der Waals surface area contributed by atoms with Crippen molar-refractivity contribution in [1.82, 2.24) is 19.7 Å². The van der Waals surface area contributed by atoms with E-state index in [4.69, 9.17) is 0 Å². The largest absolute Gasteiger partial charge is 0.432 e. The van der Waals surface area contributed by atoms with Crippen molar-refractivity contribution in [3.05, 3.63) is 77.9 Å². The minimum atomic E-state index is -3.16. The predicted molar refractivity (Wildman–Crippen MR) is 137 cm³/mol. The number of carbonyl (C=O) groups excluding carboxylic acids is 1. The Balaban J connectivity index is 1.73. The van der Waals surface area contributed by atoms with Crippen LogP contribution in [0.2, 0.25) is 0 Å². The number of hydrogen-bond acceptors (Lipinski definition) is 7. The maximum Gasteiger partial charge on any atom is 0.387 e. The van der Waals surface area contributed by atoms with Crippen LogP contribution in [0.5, 0.6) is 5.75 Å². The van der Waals surface area contributed by atoms with Crippen LogP contribution in [0.1, 0.15) is 0 Å². The van der Waals surface area contributed by atoms with E-state index in [1.165, 1.54) is 12.3 Å². The summed E-state index contributed by atoms with van der Waals surface area (Å²) in [6.07, 6.45) is 5.91. The molecule has 0 unspecified atom stereocenters. The van der Waals surface area contributed by atoms with Crippen LogP contribution in [0.4, 0.5) is 42.0 Å². The van der Waals surface area contributed by atoms with Crippen molar-refractivity contribution in [2.75, 3.05) is 16.0 Å². The van der Waals surface area contributed by atoms with E-state index in [-0.39, 0.29) is 11.8 Å². The molecule has 0 radical (unpaired) electrons.